The van der Waals surface area contributed by atoms with Crippen molar-refractivity contribution in [2.45, 2.75) is 39.2 Å². The summed E-state index contributed by atoms with van der Waals surface area (Å²) < 4.78 is 7.77. The fourth-order valence-corrected chi connectivity index (χ4v) is 3.98. The Morgan fingerprint density at radius 1 is 1.43 bits per heavy atom. The van der Waals surface area contributed by atoms with E-state index in [2.05, 4.69) is 32.6 Å². The number of nitrogens with zero attached hydrogens (tertiary/aromatic N) is 5. The van der Waals surface area contributed by atoms with Crippen LogP contribution in [0.25, 0.3) is 0 Å². The number of ether oxygens (including phenoxy) is 1. The van der Waals surface area contributed by atoms with Gasteiger partial charge in [-0.2, -0.15) is 5.10 Å². The van der Waals surface area contributed by atoms with E-state index in [0.717, 1.165) is 62.7 Å². The standard InChI is InChI=1S/C19H30N6OS.HI/c1-4-20-19(21-8-6-5-7-18-23-15(2)14-27-18)25-9-10-26-17(13-25)16-11-22-24(3)12-16;/h11-12,14,17H,4-10,13H2,1-3H3,(H,20,21);1H. The van der Waals surface area contributed by atoms with Crippen LogP contribution in [0.5, 0.6) is 0 Å². The molecular weight excluding hydrogens is 487 g/mol. The summed E-state index contributed by atoms with van der Waals surface area (Å²) in [7, 11) is 1.93. The topological polar surface area (TPSA) is 67.6 Å². The Bertz CT molecular complexity index is 746. The van der Waals surface area contributed by atoms with Gasteiger partial charge in [-0.15, -0.1) is 35.3 Å². The average Bonchev–Trinajstić information content (AvgIpc) is 3.29. The number of morpholine rings is 1. The van der Waals surface area contributed by atoms with Gasteiger partial charge in [0.2, 0.25) is 0 Å². The first-order valence-electron chi connectivity index (χ1n) is 9.70. The van der Waals surface area contributed by atoms with Crippen LogP contribution in [-0.2, 0) is 18.2 Å². The normalized spacial score (nSPS) is 17.5. The van der Waals surface area contributed by atoms with Gasteiger partial charge in [-0.1, -0.05) is 0 Å². The molecule has 156 valence electrons. The Labute approximate surface area is 188 Å². The highest BCUT2D eigenvalue weighted by atomic mass is 127. The van der Waals surface area contributed by atoms with Gasteiger partial charge in [0.25, 0.3) is 0 Å². The van der Waals surface area contributed by atoms with Gasteiger partial charge in [0.05, 0.1) is 24.4 Å². The van der Waals surface area contributed by atoms with Gasteiger partial charge in [-0.05, 0) is 33.1 Å². The number of aryl methyl sites for hydroxylation is 3. The summed E-state index contributed by atoms with van der Waals surface area (Å²) in [6.45, 7) is 8.23. The van der Waals surface area contributed by atoms with E-state index >= 15 is 0 Å². The second kappa shape index (κ2) is 11.7. The number of hydrogen-bond donors (Lipinski definition) is 1. The van der Waals surface area contributed by atoms with Crippen LogP contribution in [0.3, 0.4) is 0 Å². The first kappa shape index (κ1) is 23.1. The number of guanidine groups is 1. The molecule has 1 atom stereocenters. The van der Waals surface area contributed by atoms with Crippen molar-refractivity contribution >= 4 is 41.3 Å². The second-order valence-corrected chi connectivity index (χ2v) is 7.77. The molecule has 1 aliphatic heterocycles. The molecule has 7 nitrogen and oxygen atoms in total. The summed E-state index contributed by atoms with van der Waals surface area (Å²) in [5.74, 6) is 0.986. The molecule has 0 saturated carbocycles. The molecule has 0 radical (unpaired) electrons. The van der Waals surface area contributed by atoms with E-state index in [1.807, 2.05) is 31.0 Å². The summed E-state index contributed by atoms with van der Waals surface area (Å²) in [4.78, 5) is 11.7. The van der Waals surface area contributed by atoms with Crippen LogP contribution >= 0.6 is 35.3 Å². The molecule has 2 aromatic rings. The van der Waals surface area contributed by atoms with Gasteiger partial charge >= 0.3 is 0 Å². The predicted octanol–water partition coefficient (Wildman–Crippen LogP) is 3.16. The minimum atomic E-state index is 0. The SMILES string of the molecule is CCNC(=NCCCCc1nc(C)cs1)N1CCOC(c2cnn(C)c2)C1.I. The van der Waals surface area contributed by atoms with E-state index < -0.39 is 0 Å². The third-order valence-corrected chi connectivity index (χ3v) is 5.55. The van der Waals surface area contributed by atoms with Crippen molar-refractivity contribution in [3.05, 3.63) is 34.0 Å². The third-order valence-electron chi connectivity index (χ3n) is 4.52. The highest BCUT2D eigenvalue weighted by molar-refractivity contribution is 14.0. The zero-order valence-electron chi connectivity index (χ0n) is 16.9. The Kier molecular flexibility index (Phi) is 9.66. The summed E-state index contributed by atoms with van der Waals surface area (Å²) in [6, 6.07) is 0. The van der Waals surface area contributed by atoms with Crippen LogP contribution in [0.4, 0.5) is 0 Å². The van der Waals surface area contributed by atoms with Gasteiger partial charge in [0.15, 0.2) is 5.96 Å². The molecule has 1 aliphatic rings. The fourth-order valence-electron chi connectivity index (χ4n) is 3.17. The monoisotopic (exact) mass is 518 g/mol. The molecule has 0 aliphatic carbocycles. The smallest absolute Gasteiger partial charge is 0.194 e. The Morgan fingerprint density at radius 3 is 2.96 bits per heavy atom. The molecule has 1 fully saturated rings. The lowest BCUT2D eigenvalue weighted by atomic mass is 10.1. The lowest BCUT2D eigenvalue weighted by Gasteiger charge is -2.34. The molecule has 2 aromatic heterocycles. The number of hydrogen-bond acceptors (Lipinski definition) is 5. The zero-order chi connectivity index (χ0) is 19.1. The number of thiazole rings is 1. The molecule has 1 N–H and O–H groups in total. The maximum Gasteiger partial charge on any atom is 0.194 e. The van der Waals surface area contributed by atoms with E-state index in [1.54, 1.807) is 11.3 Å². The van der Waals surface area contributed by atoms with Crippen LogP contribution in [-0.4, -0.2) is 58.4 Å². The first-order valence-corrected chi connectivity index (χ1v) is 10.6. The number of aromatic nitrogens is 3. The molecular formula is C19H31IN6OS. The first-order chi connectivity index (χ1) is 13.2. The van der Waals surface area contributed by atoms with Crippen molar-refractivity contribution in [1.29, 1.82) is 0 Å². The second-order valence-electron chi connectivity index (χ2n) is 6.83. The van der Waals surface area contributed by atoms with Gasteiger partial charge in [-0.3, -0.25) is 9.67 Å². The summed E-state index contributed by atoms with van der Waals surface area (Å²) in [6.07, 6.45) is 7.20. The Morgan fingerprint density at radius 2 is 2.29 bits per heavy atom. The predicted molar refractivity (Wildman–Crippen MR) is 125 cm³/mol. The average molecular weight is 518 g/mol. The van der Waals surface area contributed by atoms with Crippen molar-refractivity contribution in [2.24, 2.45) is 12.0 Å². The number of nitrogens with one attached hydrogen (secondary N) is 1. The highest BCUT2D eigenvalue weighted by Crippen LogP contribution is 2.21. The highest BCUT2D eigenvalue weighted by Gasteiger charge is 2.25. The molecule has 0 spiro atoms. The van der Waals surface area contributed by atoms with Crippen molar-refractivity contribution in [2.75, 3.05) is 32.8 Å². The van der Waals surface area contributed by atoms with Gasteiger partial charge in [-0.25, -0.2) is 4.98 Å². The lowest BCUT2D eigenvalue weighted by molar-refractivity contribution is -0.00804. The van der Waals surface area contributed by atoms with E-state index in [9.17, 15) is 0 Å². The van der Waals surface area contributed by atoms with Crippen molar-refractivity contribution in [1.82, 2.24) is 25.0 Å². The van der Waals surface area contributed by atoms with Crippen LogP contribution in [0, 0.1) is 6.92 Å². The van der Waals surface area contributed by atoms with Crippen LogP contribution in [0.1, 0.15) is 42.1 Å². The molecule has 0 aromatic carbocycles. The van der Waals surface area contributed by atoms with Crippen molar-refractivity contribution in [3.8, 4) is 0 Å². The Balaban J connectivity index is 0.00000280. The molecule has 1 unspecified atom stereocenters. The van der Waals surface area contributed by atoms with Gasteiger partial charge < -0.3 is 15.0 Å². The number of aliphatic imine (C=N–C) groups is 1. The molecule has 28 heavy (non-hydrogen) atoms. The van der Waals surface area contributed by atoms with Crippen LogP contribution in [0.15, 0.2) is 22.8 Å². The number of rotatable bonds is 7. The van der Waals surface area contributed by atoms with Crippen molar-refractivity contribution in [3.63, 3.8) is 0 Å². The lowest BCUT2D eigenvalue weighted by Crippen LogP contribution is -2.48. The van der Waals surface area contributed by atoms with Gasteiger partial charge in [0, 0.05) is 49.5 Å². The quantitative estimate of drug-likeness (QED) is 0.264. The number of halogens is 1. The third kappa shape index (κ3) is 6.70. The minimum absolute atomic E-state index is 0. The number of unbranched alkanes of at least 4 members (excludes halogenated alkanes) is 1. The maximum absolute atomic E-state index is 5.95. The summed E-state index contributed by atoms with van der Waals surface area (Å²) in [5, 5.41) is 11.0. The minimum Gasteiger partial charge on any atom is -0.370 e. The zero-order valence-corrected chi connectivity index (χ0v) is 20.1. The molecule has 0 amide bonds. The largest absolute Gasteiger partial charge is 0.370 e. The summed E-state index contributed by atoms with van der Waals surface area (Å²) in [5.41, 5.74) is 2.25. The molecule has 3 rings (SSSR count). The maximum atomic E-state index is 5.95. The van der Waals surface area contributed by atoms with E-state index in [1.165, 1.54) is 5.01 Å². The van der Waals surface area contributed by atoms with Crippen molar-refractivity contribution < 1.29 is 4.74 Å². The molecule has 1 saturated heterocycles. The molecule has 9 heteroatoms. The van der Waals surface area contributed by atoms with Gasteiger partial charge in [0.1, 0.15) is 6.10 Å². The summed E-state index contributed by atoms with van der Waals surface area (Å²) >= 11 is 1.76. The molecule has 0 bridgehead atoms. The van der Waals surface area contributed by atoms with E-state index in [-0.39, 0.29) is 30.1 Å². The van der Waals surface area contributed by atoms with Crippen LogP contribution in [0.2, 0.25) is 0 Å². The van der Waals surface area contributed by atoms with Crippen LogP contribution < -0.4 is 5.32 Å². The van der Waals surface area contributed by atoms with E-state index in [4.69, 9.17) is 9.73 Å². The fraction of sp³-hybridized carbons (Fsp3) is 0.632. The molecule has 3 heterocycles. The van der Waals surface area contributed by atoms with E-state index in [0.29, 0.717) is 6.61 Å². The Hall–Kier alpha value is -1.20.